The van der Waals surface area contributed by atoms with Crippen LogP contribution in [-0.2, 0) is 0 Å². The van der Waals surface area contributed by atoms with Crippen molar-refractivity contribution in [2.75, 3.05) is 31.6 Å². The summed E-state index contributed by atoms with van der Waals surface area (Å²) in [5, 5.41) is 13.9. The molecule has 2 unspecified atom stereocenters. The second kappa shape index (κ2) is 5.39. The third-order valence-electron chi connectivity index (χ3n) is 4.15. The molecule has 2 aliphatic rings. The smallest absolute Gasteiger partial charge is 0.142 e. The van der Waals surface area contributed by atoms with Gasteiger partial charge in [0.25, 0.3) is 0 Å². The van der Waals surface area contributed by atoms with Crippen molar-refractivity contribution in [2.45, 2.75) is 31.4 Å². The van der Waals surface area contributed by atoms with Crippen molar-refractivity contribution in [1.82, 2.24) is 5.32 Å². The highest BCUT2D eigenvalue weighted by atomic mass is 16.5. The molecule has 4 nitrogen and oxygen atoms in total. The maximum Gasteiger partial charge on any atom is 0.142 e. The van der Waals surface area contributed by atoms with E-state index in [-0.39, 0.29) is 6.04 Å². The van der Waals surface area contributed by atoms with Gasteiger partial charge in [-0.05, 0) is 37.1 Å². The lowest BCUT2D eigenvalue weighted by atomic mass is 9.94. The van der Waals surface area contributed by atoms with E-state index in [1.165, 1.54) is 12.8 Å². The molecule has 19 heavy (non-hydrogen) atoms. The predicted octanol–water partition coefficient (Wildman–Crippen LogP) is 1.69. The number of aliphatic hydroxyl groups is 1. The Bertz CT molecular complexity index is 444. The summed E-state index contributed by atoms with van der Waals surface area (Å²) in [4.78, 5) is 2.18. The molecule has 1 fully saturated rings. The van der Waals surface area contributed by atoms with Gasteiger partial charge in [0.1, 0.15) is 12.4 Å². The summed E-state index contributed by atoms with van der Waals surface area (Å²) in [6.07, 6.45) is 3.03. The second-order valence-corrected chi connectivity index (χ2v) is 5.50. The van der Waals surface area contributed by atoms with Gasteiger partial charge in [0.2, 0.25) is 0 Å². The van der Waals surface area contributed by atoms with E-state index in [1.807, 2.05) is 12.1 Å². The molecule has 0 aliphatic carbocycles. The fourth-order valence-electron chi connectivity index (χ4n) is 2.93. The van der Waals surface area contributed by atoms with Crippen LogP contribution in [0.3, 0.4) is 0 Å². The molecule has 0 radical (unpaired) electrons. The van der Waals surface area contributed by atoms with Gasteiger partial charge in [-0.1, -0.05) is 12.5 Å². The maximum absolute atomic E-state index is 10.5. The zero-order valence-corrected chi connectivity index (χ0v) is 11.4. The average Bonchev–Trinajstić information content (AvgIpc) is 2.47. The molecule has 4 heteroatoms. The van der Waals surface area contributed by atoms with Crippen molar-refractivity contribution in [2.24, 2.45) is 0 Å². The number of ether oxygens (including phenoxy) is 1. The van der Waals surface area contributed by atoms with E-state index in [9.17, 15) is 5.11 Å². The number of likely N-dealkylation sites (N-methyl/N-ethyl adjacent to an activating group) is 1. The molecular weight excluding hydrogens is 240 g/mol. The van der Waals surface area contributed by atoms with Crippen molar-refractivity contribution in [1.29, 1.82) is 0 Å². The van der Waals surface area contributed by atoms with Crippen LogP contribution < -0.4 is 15.0 Å². The first-order valence-corrected chi connectivity index (χ1v) is 7.15. The van der Waals surface area contributed by atoms with Crippen molar-refractivity contribution >= 4 is 5.69 Å². The standard InChI is InChI=1S/C15H22N2O2/c1-17-8-9-19-14-6-5-11(10-13(14)17)15(18)12-4-2-3-7-16-12/h5-6,10,12,15-16,18H,2-4,7-9H2,1H3. The molecule has 2 atom stereocenters. The van der Waals surface area contributed by atoms with E-state index in [4.69, 9.17) is 4.74 Å². The minimum Gasteiger partial charge on any atom is -0.490 e. The van der Waals surface area contributed by atoms with Crippen LogP contribution in [0.1, 0.15) is 30.9 Å². The van der Waals surface area contributed by atoms with Crippen molar-refractivity contribution in [3.8, 4) is 5.75 Å². The summed E-state index contributed by atoms with van der Waals surface area (Å²) in [5.41, 5.74) is 2.06. The number of nitrogens with zero attached hydrogens (tertiary/aromatic N) is 1. The zero-order valence-electron chi connectivity index (χ0n) is 11.4. The highest BCUT2D eigenvalue weighted by Crippen LogP contribution is 2.34. The van der Waals surface area contributed by atoms with Gasteiger partial charge in [-0.3, -0.25) is 0 Å². The molecule has 104 valence electrons. The van der Waals surface area contributed by atoms with Crippen LogP contribution >= 0.6 is 0 Å². The summed E-state index contributed by atoms with van der Waals surface area (Å²) in [6.45, 7) is 2.64. The minimum atomic E-state index is -0.430. The van der Waals surface area contributed by atoms with E-state index in [0.29, 0.717) is 0 Å². The summed E-state index contributed by atoms with van der Waals surface area (Å²) >= 11 is 0. The van der Waals surface area contributed by atoms with Crippen LogP contribution in [0, 0.1) is 0 Å². The molecule has 1 aromatic rings. The first-order valence-electron chi connectivity index (χ1n) is 7.15. The van der Waals surface area contributed by atoms with Gasteiger partial charge in [0.05, 0.1) is 18.3 Å². The molecule has 3 rings (SSSR count). The number of benzene rings is 1. The number of anilines is 1. The number of fused-ring (bicyclic) bond motifs is 1. The Morgan fingerprint density at radius 1 is 1.42 bits per heavy atom. The van der Waals surface area contributed by atoms with Gasteiger partial charge in [-0.25, -0.2) is 0 Å². The maximum atomic E-state index is 10.5. The van der Waals surface area contributed by atoms with Crippen LogP contribution in [0.2, 0.25) is 0 Å². The highest BCUT2D eigenvalue weighted by molar-refractivity contribution is 5.61. The van der Waals surface area contributed by atoms with E-state index in [1.54, 1.807) is 0 Å². The Labute approximate surface area is 114 Å². The monoisotopic (exact) mass is 262 g/mol. The first kappa shape index (κ1) is 12.8. The highest BCUT2D eigenvalue weighted by Gasteiger charge is 2.24. The van der Waals surface area contributed by atoms with Gasteiger partial charge < -0.3 is 20.1 Å². The lowest BCUT2D eigenvalue weighted by molar-refractivity contribution is 0.114. The molecule has 0 aromatic heterocycles. The Morgan fingerprint density at radius 3 is 3.11 bits per heavy atom. The van der Waals surface area contributed by atoms with E-state index in [0.717, 1.165) is 43.1 Å². The van der Waals surface area contributed by atoms with Gasteiger partial charge >= 0.3 is 0 Å². The summed E-state index contributed by atoms with van der Waals surface area (Å²) in [5.74, 6) is 0.918. The van der Waals surface area contributed by atoms with Crippen LogP contribution in [-0.4, -0.2) is 37.9 Å². The SMILES string of the molecule is CN1CCOc2ccc(C(O)C3CCCCN3)cc21. The van der Waals surface area contributed by atoms with E-state index >= 15 is 0 Å². The Hall–Kier alpha value is -1.26. The number of piperidine rings is 1. The van der Waals surface area contributed by atoms with Gasteiger partial charge in [-0.2, -0.15) is 0 Å². The molecule has 0 bridgehead atoms. The number of nitrogens with one attached hydrogen (secondary N) is 1. The van der Waals surface area contributed by atoms with Crippen molar-refractivity contribution in [3.05, 3.63) is 23.8 Å². The van der Waals surface area contributed by atoms with Crippen LogP contribution in [0.15, 0.2) is 18.2 Å². The topological polar surface area (TPSA) is 44.7 Å². The molecule has 2 N–H and O–H groups in total. The first-order chi connectivity index (χ1) is 9.25. The summed E-state index contributed by atoms with van der Waals surface area (Å²) < 4.78 is 5.64. The zero-order chi connectivity index (χ0) is 13.2. The second-order valence-electron chi connectivity index (χ2n) is 5.50. The average molecular weight is 262 g/mol. The van der Waals surface area contributed by atoms with Gasteiger partial charge in [0, 0.05) is 13.1 Å². The van der Waals surface area contributed by atoms with Crippen LogP contribution in [0.5, 0.6) is 5.75 Å². The fourth-order valence-corrected chi connectivity index (χ4v) is 2.93. The largest absolute Gasteiger partial charge is 0.490 e. The molecule has 1 aromatic carbocycles. The van der Waals surface area contributed by atoms with E-state index < -0.39 is 6.10 Å². The normalized spacial score (nSPS) is 24.5. The Morgan fingerprint density at radius 2 is 2.32 bits per heavy atom. The lowest BCUT2D eigenvalue weighted by Gasteiger charge is -2.31. The number of rotatable bonds is 2. The van der Waals surface area contributed by atoms with Crippen LogP contribution in [0.4, 0.5) is 5.69 Å². The van der Waals surface area contributed by atoms with Crippen molar-refractivity contribution < 1.29 is 9.84 Å². The summed E-state index contributed by atoms with van der Waals surface area (Å²) in [6, 6.07) is 6.21. The molecule has 2 heterocycles. The summed E-state index contributed by atoms with van der Waals surface area (Å²) in [7, 11) is 2.07. The van der Waals surface area contributed by atoms with Crippen molar-refractivity contribution in [3.63, 3.8) is 0 Å². The predicted molar refractivity (Wildman–Crippen MR) is 75.8 cm³/mol. The molecule has 1 saturated heterocycles. The quantitative estimate of drug-likeness (QED) is 0.851. The molecule has 2 aliphatic heterocycles. The molecule has 0 spiro atoms. The lowest BCUT2D eigenvalue weighted by Crippen LogP contribution is -2.39. The third-order valence-corrected chi connectivity index (χ3v) is 4.15. The van der Waals surface area contributed by atoms with Crippen LogP contribution in [0.25, 0.3) is 0 Å². The minimum absolute atomic E-state index is 0.182. The van der Waals surface area contributed by atoms with E-state index in [2.05, 4.69) is 23.3 Å². The fraction of sp³-hybridized carbons (Fsp3) is 0.600. The molecule has 0 saturated carbocycles. The number of hydrogen-bond acceptors (Lipinski definition) is 4. The third kappa shape index (κ3) is 2.55. The molecule has 0 amide bonds. The number of hydrogen-bond donors (Lipinski definition) is 2. The number of aliphatic hydroxyl groups excluding tert-OH is 1. The van der Waals surface area contributed by atoms with Gasteiger partial charge in [0.15, 0.2) is 0 Å². The van der Waals surface area contributed by atoms with Gasteiger partial charge in [-0.15, -0.1) is 0 Å². The Kier molecular flexibility index (Phi) is 3.62. The Balaban J connectivity index is 1.82. The molecular formula is C15H22N2O2.